The lowest BCUT2D eigenvalue weighted by atomic mass is 10.4. The Bertz CT molecular complexity index is 360. The molecule has 1 heterocycles. The topological polar surface area (TPSA) is 70.3 Å². The van der Waals surface area contributed by atoms with Gasteiger partial charge in [0.1, 0.15) is 17.3 Å². The third kappa shape index (κ3) is 5.55. The molecule has 0 amide bonds. The highest BCUT2D eigenvalue weighted by Crippen LogP contribution is 2.02. The quantitative estimate of drug-likeness (QED) is 0.558. The molecule has 1 aromatic rings. The summed E-state index contributed by atoms with van der Waals surface area (Å²) in [5.41, 5.74) is 5.96. The van der Waals surface area contributed by atoms with Crippen LogP contribution in [-0.4, -0.2) is 34.8 Å². The largest absolute Gasteiger partial charge is 0.461 e. The molecule has 5 nitrogen and oxygen atoms in total. The van der Waals surface area contributed by atoms with Gasteiger partial charge in [0.15, 0.2) is 0 Å². The molecule has 94 valence electrons. The Morgan fingerprint density at radius 3 is 2.94 bits per heavy atom. The molecule has 0 radical (unpaired) electrons. The molecule has 0 aliphatic heterocycles. The molecular weight excluding hydrogens is 238 g/mol. The summed E-state index contributed by atoms with van der Waals surface area (Å²) < 4.78 is 10.7. The zero-order valence-electron chi connectivity index (χ0n) is 9.89. The zero-order valence-corrected chi connectivity index (χ0v) is 10.7. The van der Waals surface area contributed by atoms with E-state index in [1.807, 2.05) is 0 Å². The summed E-state index contributed by atoms with van der Waals surface area (Å²) in [6.07, 6.45) is 3.75. The van der Waals surface area contributed by atoms with E-state index in [0.29, 0.717) is 18.9 Å². The van der Waals surface area contributed by atoms with Gasteiger partial charge in [0.2, 0.25) is 0 Å². The summed E-state index contributed by atoms with van der Waals surface area (Å²) in [4.78, 5) is 8.24. The average molecular weight is 255 g/mol. The lowest BCUT2D eigenvalue weighted by molar-refractivity contribution is 0.0947. The highest BCUT2D eigenvalue weighted by atomic mass is 32.1. The van der Waals surface area contributed by atoms with E-state index < -0.39 is 0 Å². The highest BCUT2D eigenvalue weighted by molar-refractivity contribution is 7.80. The lowest BCUT2D eigenvalue weighted by Gasteiger charge is -2.06. The Balaban J connectivity index is 2.27. The van der Waals surface area contributed by atoms with E-state index in [-0.39, 0.29) is 11.0 Å². The van der Waals surface area contributed by atoms with E-state index in [1.54, 1.807) is 12.3 Å². The molecule has 0 fully saturated rings. The van der Waals surface area contributed by atoms with Crippen molar-refractivity contribution in [2.24, 2.45) is 5.73 Å². The molecular formula is C11H17N3O2S. The number of thiocarbonyl (C=S) groups is 1. The minimum Gasteiger partial charge on any atom is -0.461 e. The van der Waals surface area contributed by atoms with Gasteiger partial charge >= 0.3 is 6.01 Å². The van der Waals surface area contributed by atoms with Crippen molar-refractivity contribution in [3.63, 3.8) is 0 Å². The van der Waals surface area contributed by atoms with Crippen molar-refractivity contribution in [3.05, 3.63) is 18.0 Å². The van der Waals surface area contributed by atoms with Crippen LogP contribution in [0, 0.1) is 0 Å². The number of ether oxygens (including phenoxy) is 2. The maximum Gasteiger partial charge on any atom is 0.317 e. The SMILES string of the molecule is CCCCOCCOc1nccc(C(N)=S)n1. The van der Waals surface area contributed by atoms with Crippen molar-refractivity contribution in [1.82, 2.24) is 9.97 Å². The standard InChI is InChI=1S/C11H17N3O2S/c1-2-3-6-15-7-8-16-11-13-5-4-9(14-11)10(12)17/h4-5H,2-3,6-8H2,1H3,(H2,12,17). The number of nitrogens with zero attached hydrogens (tertiary/aromatic N) is 2. The van der Waals surface area contributed by atoms with E-state index in [0.717, 1.165) is 19.4 Å². The summed E-state index contributed by atoms with van der Waals surface area (Å²) in [6, 6.07) is 1.92. The molecule has 0 aliphatic rings. The van der Waals surface area contributed by atoms with Crippen molar-refractivity contribution < 1.29 is 9.47 Å². The van der Waals surface area contributed by atoms with Crippen molar-refractivity contribution in [3.8, 4) is 6.01 Å². The maximum atomic E-state index is 5.45. The number of hydrogen-bond acceptors (Lipinski definition) is 5. The van der Waals surface area contributed by atoms with Gasteiger partial charge in [-0.1, -0.05) is 25.6 Å². The van der Waals surface area contributed by atoms with E-state index >= 15 is 0 Å². The summed E-state index contributed by atoms with van der Waals surface area (Å²) >= 11 is 4.81. The van der Waals surface area contributed by atoms with Crippen LogP contribution in [0.25, 0.3) is 0 Å². The molecule has 1 rings (SSSR count). The minimum atomic E-state index is 0.233. The van der Waals surface area contributed by atoms with Crippen molar-refractivity contribution >= 4 is 17.2 Å². The first kappa shape index (κ1) is 13.8. The number of aromatic nitrogens is 2. The molecule has 0 unspecified atom stereocenters. The Labute approximate surface area is 106 Å². The summed E-state index contributed by atoms with van der Waals surface area (Å²) in [5.74, 6) is 0. The lowest BCUT2D eigenvalue weighted by Crippen LogP contribution is -2.14. The van der Waals surface area contributed by atoms with Crippen LogP contribution in [0.15, 0.2) is 12.3 Å². The summed E-state index contributed by atoms with van der Waals surface area (Å²) in [5, 5.41) is 0. The smallest absolute Gasteiger partial charge is 0.317 e. The Hall–Kier alpha value is -1.27. The summed E-state index contributed by atoms with van der Waals surface area (Å²) in [6.45, 7) is 3.83. The van der Waals surface area contributed by atoms with Crippen LogP contribution in [-0.2, 0) is 4.74 Å². The fourth-order valence-electron chi connectivity index (χ4n) is 1.09. The highest BCUT2D eigenvalue weighted by Gasteiger charge is 2.02. The molecule has 0 saturated carbocycles. The number of rotatable bonds is 8. The van der Waals surface area contributed by atoms with Gasteiger partial charge in [-0.2, -0.15) is 4.98 Å². The maximum absolute atomic E-state index is 5.45. The van der Waals surface area contributed by atoms with Gasteiger partial charge in [-0.3, -0.25) is 0 Å². The van der Waals surface area contributed by atoms with Crippen molar-refractivity contribution in [1.29, 1.82) is 0 Å². The van der Waals surface area contributed by atoms with Gasteiger partial charge in [0.05, 0.1) is 6.61 Å². The van der Waals surface area contributed by atoms with E-state index in [4.69, 9.17) is 27.4 Å². The monoisotopic (exact) mass is 255 g/mol. The molecule has 17 heavy (non-hydrogen) atoms. The molecule has 2 N–H and O–H groups in total. The van der Waals surface area contributed by atoms with Gasteiger partial charge in [0, 0.05) is 12.8 Å². The van der Waals surface area contributed by atoms with Gasteiger partial charge in [-0.15, -0.1) is 0 Å². The first-order valence-corrected chi connectivity index (χ1v) is 5.98. The number of hydrogen-bond donors (Lipinski definition) is 1. The molecule has 0 saturated heterocycles. The molecule has 6 heteroatoms. The second-order valence-electron chi connectivity index (χ2n) is 3.40. The Morgan fingerprint density at radius 2 is 2.24 bits per heavy atom. The van der Waals surface area contributed by atoms with Crippen LogP contribution in [0.3, 0.4) is 0 Å². The van der Waals surface area contributed by atoms with Crippen LogP contribution in [0.4, 0.5) is 0 Å². The number of nitrogens with two attached hydrogens (primary N) is 1. The molecule has 0 aromatic carbocycles. The van der Waals surface area contributed by atoms with Gasteiger partial charge in [-0.25, -0.2) is 4.98 Å². The molecule has 0 spiro atoms. The second-order valence-corrected chi connectivity index (χ2v) is 3.84. The van der Waals surface area contributed by atoms with Crippen LogP contribution >= 0.6 is 12.2 Å². The number of unbranched alkanes of at least 4 members (excludes halogenated alkanes) is 1. The minimum absolute atomic E-state index is 0.233. The molecule has 0 aliphatic carbocycles. The van der Waals surface area contributed by atoms with E-state index in [9.17, 15) is 0 Å². The van der Waals surface area contributed by atoms with Gasteiger partial charge in [0.25, 0.3) is 0 Å². The van der Waals surface area contributed by atoms with E-state index in [1.165, 1.54) is 0 Å². The molecule has 0 bridgehead atoms. The first-order valence-electron chi connectivity index (χ1n) is 5.57. The van der Waals surface area contributed by atoms with Gasteiger partial charge in [-0.05, 0) is 12.5 Å². The Kier molecular flexibility index (Phi) is 6.42. The zero-order chi connectivity index (χ0) is 12.5. The molecule has 0 atom stereocenters. The van der Waals surface area contributed by atoms with Crippen LogP contribution in [0.2, 0.25) is 0 Å². The normalized spacial score (nSPS) is 10.2. The second kappa shape index (κ2) is 7.92. The fourth-order valence-corrected chi connectivity index (χ4v) is 1.20. The van der Waals surface area contributed by atoms with Crippen molar-refractivity contribution in [2.75, 3.05) is 19.8 Å². The third-order valence-electron chi connectivity index (χ3n) is 1.99. The molecule has 1 aromatic heterocycles. The van der Waals surface area contributed by atoms with Gasteiger partial charge < -0.3 is 15.2 Å². The average Bonchev–Trinajstić information content (AvgIpc) is 2.34. The van der Waals surface area contributed by atoms with E-state index in [2.05, 4.69) is 16.9 Å². The van der Waals surface area contributed by atoms with Crippen LogP contribution in [0.1, 0.15) is 25.5 Å². The third-order valence-corrected chi connectivity index (χ3v) is 2.20. The predicted molar refractivity (Wildman–Crippen MR) is 69.1 cm³/mol. The van der Waals surface area contributed by atoms with Crippen LogP contribution in [0.5, 0.6) is 6.01 Å². The fraction of sp³-hybridized carbons (Fsp3) is 0.545. The summed E-state index contributed by atoms with van der Waals surface area (Å²) in [7, 11) is 0. The Morgan fingerprint density at radius 1 is 1.41 bits per heavy atom. The predicted octanol–water partition coefficient (Wildman–Crippen LogP) is 1.31. The van der Waals surface area contributed by atoms with Crippen LogP contribution < -0.4 is 10.5 Å². The van der Waals surface area contributed by atoms with Crippen molar-refractivity contribution in [2.45, 2.75) is 19.8 Å². The first-order chi connectivity index (χ1) is 8.24.